The lowest BCUT2D eigenvalue weighted by molar-refractivity contribution is 0.619. The Balaban J connectivity index is 1.13. The number of hydrogen-bond acceptors (Lipinski definition) is 2. The van der Waals surface area contributed by atoms with Crippen LogP contribution in [0.15, 0.2) is 168 Å². The van der Waals surface area contributed by atoms with Crippen molar-refractivity contribution in [1.82, 2.24) is 0 Å². The molecule has 0 bridgehead atoms. The number of hydrogen-bond donors (Lipinski definition) is 0. The van der Waals surface area contributed by atoms with Gasteiger partial charge in [-0.2, -0.15) is 0 Å². The van der Waals surface area contributed by atoms with Crippen molar-refractivity contribution >= 4 is 28.0 Å². The molecule has 0 N–H and O–H groups in total. The molecule has 0 saturated carbocycles. The van der Waals surface area contributed by atoms with E-state index in [1.165, 1.54) is 66.6 Å². The highest BCUT2D eigenvalue weighted by Crippen LogP contribution is 2.56. The first-order valence-electron chi connectivity index (χ1n) is 18.3. The smallest absolute Gasteiger partial charge is 0.139 e. The van der Waals surface area contributed by atoms with Crippen LogP contribution < -0.4 is 4.90 Å². The SMILES string of the molecule is CC1(C)c2ccccc2-c2ccc(N(c3ccc(-c4ccccc4)cc3)c3cccc(-c4cccc5c4C(C)(C)c4c-5oc5ccccc45)c3)cc21. The van der Waals surface area contributed by atoms with Crippen molar-refractivity contribution in [2.45, 2.75) is 38.5 Å². The van der Waals surface area contributed by atoms with E-state index in [2.05, 4.69) is 196 Å². The summed E-state index contributed by atoms with van der Waals surface area (Å²) in [6.45, 7) is 9.40. The Hall–Kier alpha value is -6.12. The second-order valence-corrected chi connectivity index (χ2v) is 15.4. The molecule has 0 aliphatic heterocycles. The maximum atomic E-state index is 6.55. The summed E-state index contributed by atoms with van der Waals surface area (Å²) in [4.78, 5) is 2.42. The molecule has 10 rings (SSSR count). The molecule has 52 heavy (non-hydrogen) atoms. The Bertz CT molecular complexity index is 2680. The Morgan fingerprint density at radius 2 is 1.02 bits per heavy atom. The van der Waals surface area contributed by atoms with E-state index in [4.69, 9.17) is 4.42 Å². The molecule has 7 aromatic carbocycles. The lowest BCUT2D eigenvalue weighted by atomic mass is 9.78. The Labute approximate surface area is 305 Å². The fourth-order valence-electron chi connectivity index (χ4n) is 9.16. The quantitative estimate of drug-likeness (QED) is 0.181. The van der Waals surface area contributed by atoms with E-state index >= 15 is 0 Å². The standard InChI is InChI=1S/C50H39NO/c1-49(2)43-22-10-8-18-39(43)40-29-28-37(31-44(40)49)51(35-26-24-33(25-27-35)32-14-6-5-7-15-32)36-17-12-16-34(30-36)38-20-13-21-42-46(38)50(3,4)47-41-19-9-11-23-45(41)52-48(42)47/h5-31H,1-4H3. The lowest BCUT2D eigenvalue weighted by Crippen LogP contribution is -2.17. The first-order chi connectivity index (χ1) is 25.3. The highest BCUT2D eigenvalue weighted by atomic mass is 16.3. The van der Waals surface area contributed by atoms with Crippen LogP contribution >= 0.6 is 0 Å². The molecule has 2 aliphatic carbocycles. The molecular formula is C50H39NO. The highest BCUT2D eigenvalue weighted by molar-refractivity contribution is 5.97. The van der Waals surface area contributed by atoms with Gasteiger partial charge in [0.05, 0.1) is 0 Å². The average molecular weight is 670 g/mol. The fraction of sp³-hybridized carbons (Fsp3) is 0.120. The Morgan fingerprint density at radius 1 is 0.404 bits per heavy atom. The molecule has 0 saturated heterocycles. The zero-order valence-corrected chi connectivity index (χ0v) is 29.9. The van der Waals surface area contributed by atoms with Gasteiger partial charge < -0.3 is 9.32 Å². The predicted molar refractivity (Wildman–Crippen MR) is 217 cm³/mol. The second-order valence-electron chi connectivity index (χ2n) is 15.4. The first kappa shape index (κ1) is 30.7. The van der Waals surface area contributed by atoms with E-state index < -0.39 is 0 Å². The Kier molecular flexibility index (Phi) is 6.60. The van der Waals surface area contributed by atoms with Crippen LogP contribution in [0.2, 0.25) is 0 Å². The van der Waals surface area contributed by atoms with E-state index in [0.717, 1.165) is 28.4 Å². The van der Waals surface area contributed by atoms with Gasteiger partial charge in [-0.05, 0) is 92.5 Å². The van der Waals surface area contributed by atoms with Gasteiger partial charge in [0.15, 0.2) is 0 Å². The second kappa shape index (κ2) is 11.2. The van der Waals surface area contributed by atoms with Crippen molar-refractivity contribution in [3.8, 4) is 44.7 Å². The summed E-state index contributed by atoms with van der Waals surface area (Å²) >= 11 is 0. The summed E-state index contributed by atoms with van der Waals surface area (Å²) in [5, 5.41) is 1.20. The molecule has 2 heteroatoms. The number of rotatable bonds is 5. The van der Waals surface area contributed by atoms with Crippen LogP contribution in [0.25, 0.3) is 55.7 Å². The summed E-state index contributed by atoms with van der Waals surface area (Å²) < 4.78 is 6.55. The molecule has 1 aromatic heterocycles. The maximum Gasteiger partial charge on any atom is 0.139 e. The zero-order valence-electron chi connectivity index (χ0n) is 29.9. The maximum absolute atomic E-state index is 6.55. The fourth-order valence-corrected chi connectivity index (χ4v) is 9.16. The molecule has 0 unspecified atom stereocenters. The van der Waals surface area contributed by atoms with Gasteiger partial charge in [0.1, 0.15) is 11.3 Å². The molecule has 2 nitrogen and oxygen atoms in total. The van der Waals surface area contributed by atoms with Crippen molar-refractivity contribution in [3.63, 3.8) is 0 Å². The van der Waals surface area contributed by atoms with Gasteiger partial charge >= 0.3 is 0 Å². The van der Waals surface area contributed by atoms with Gasteiger partial charge in [-0.1, -0.05) is 149 Å². The molecule has 2 aliphatic rings. The third-order valence-corrected chi connectivity index (χ3v) is 11.6. The van der Waals surface area contributed by atoms with Crippen molar-refractivity contribution in [2.24, 2.45) is 0 Å². The summed E-state index contributed by atoms with van der Waals surface area (Å²) in [7, 11) is 0. The number of benzene rings is 7. The summed E-state index contributed by atoms with van der Waals surface area (Å²) in [6, 6.07) is 59.7. The molecule has 0 radical (unpaired) electrons. The third-order valence-electron chi connectivity index (χ3n) is 11.6. The van der Waals surface area contributed by atoms with E-state index in [9.17, 15) is 0 Å². The van der Waals surface area contributed by atoms with Crippen LogP contribution in [-0.4, -0.2) is 0 Å². The summed E-state index contributed by atoms with van der Waals surface area (Å²) in [5.41, 5.74) is 18.1. The molecule has 250 valence electrons. The van der Waals surface area contributed by atoms with Crippen LogP contribution in [-0.2, 0) is 10.8 Å². The zero-order chi connectivity index (χ0) is 35.2. The molecule has 0 spiro atoms. The van der Waals surface area contributed by atoms with Crippen LogP contribution in [0.1, 0.15) is 49.9 Å². The van der Waals surface area contributed by atoms with Gasteiger partial charge in [0, 0.05) is 44.4 Å². The molecule has 8 aromatic rings. The number of para-hydroxylation sites is 1. The van der Waals surface area contributed by atoms with Crippen LogP contribution in [0.5, 0.6) is 0 Å². The van der Waals surface area contributed by atoms with E-state index in [1.807, 2.05) is 0 Å². The number of nitrogens with zero attached hydrogens (tertiary/aromatic N) is 1. The van der Waals surface area contributed by atoms with Crippen LogP contribution in [0.3, 0.4) is 0 Å². The number of anilines is 3. The van der Waals surface area contributed by atoms with Crippen molar-refractivity contribution in [3.05, 3.63) is 186 Å². The van der Waals surface area contributed by atoms with Gasteiger partial charge in [0.25, 0.3) is 0 Å². The van der Waals surface area contributed by atoms with Crippen molar-refractivity contribution in [2.75, 3.05) is 4.90 Å². The largest absolute Gasteiger partial charge is 0.456 e. The minimum Gasteiger partial charge on any atom is -0.456 e. The Morgan fingerprint density at radius 3 is 1.87 bits per heavy atom. The molecule has 0 atom stereocenters. The minimum atomic E-state index is -0.225. The van der Waals surface area contributed by atoms with E-state index in [-0.39, 0.29) is 10.8 Å². The van der Waals surface area contributed by atoms with Crippen molar-refractivity contribution < 1.29 is 4.42 Å². The number of furan rings is 1. The average Bonchev–Trinajstić information content (AvgIpc) is 3.76. The van der Waals surface area contributed by atoms with Gasteiger partial charge in [-0.25, -0.2) is 0 Å². The monoisotopic (exact) mass is 669 g/mol. The molecule has 1 heterocycles. The number of fused-ring (bicyclic) bond motifs is 8. The van der Waals surface area contributed by atoms with Crippen LogP contribution in [0, 0.1) is 0 Å². The molecule has 0 amide bonds. The van der Waals surface area contributed by atoms with E-state index in [1.54, 1.807) is 0 Å². The summed E-state index contributed by atoms with van der Waals surface area (Å²) in [5.74, 6) is 1.00. The lowest BCUT2D eigenvalue weighted by Gasteiger charge is -2.29. The van der Waals surface area contributed by atoms with E-state index in [0.29, 0.717) is 0 Å². The minimum absolute atomic E-state index is 0.100. The third kappa shape index (κ3) is 4.43. The first-order valence-corrected chi connectivity index (χ1v) is 18.3. The van der Waals surface area contributed by atoms with Crippen LogP contribution in [0.4, 0.5) is 17.1 Å². The van der Waals surface area contributed by atoms with Crippen molar-refractivity contribution in [1.29, 1.82) is 0 Å². The normalized spacial score (nSPS) is 14.5. The highest BCUT2D eigenvalue weighted by Gasteiger charge is 2.42. The van der Waals surface area contributed by atoms with Gasteiger partial charge in [-0.15, -0.1) is 0 Å². The molecular weight excluding hydrogens is 631 g/mol. The van der Waals surface area contributed by atoms with Gasteiger partial charge in [0.2, 0.25) is 0 Å². The topological polar surface area (TPSA) is 16.4 Å². The predicted octanol–water partition coefficient (Wildman–Crippen LogP) is 13.8. The summed E-state index contributed by atoms with van der Waals surface area (Å²) in [6.07, 6.45) is 0. The molecule has 0 fully saturated rings. The van der Waals surface area contributed by atoms with Gasteiger partial charge in [-0.3, -0.25) is 0 Å².